The number of nitrogens with zero attached hydrogens (tertiary/aromatic N) is 2. The Balaban J connectivity index is 1.71. The molecule has 106 valence electrons. The van der Waals surface area contributed by atoms with Crippen LogP contribution in [0.2, 0.25) is 0 Å². The smallest absolute Gasteiger partial charge is 0.0224 e. The summed E-state index contributed by atoms with van der Waals surface area (Å²) < 4.78 is 0. The molecule has 2 heterocycles. The molecule has 0 aromatic rings. The van der Waals surface area contributed by atoms with E-state index in [9.17, 15) is 0 Å². The molecule has 18 heavy (non-hydrogen) atoms. The van der Waals surface area contributed by atoms with E-state index in [1.54, 1.807) is 0 Å². The summed E-state index contributed by atoms with van der Waals surface area (Å²) in [7, 11) is 0. The minimum atomic E-state index is 0.833. The first kappa shape index (κ1) is 14.7. The Kier molecular flexibility index (Phi) is 6.33. The molecule has 3 heteroatoms. The standard InChI is InChI=1S/C15H30N2S/c1-3-14-12-17-10-7-8-15(17)13-16(14)9-5-4-6-11-18-2/h14-15H,3-13H2,1-2H3. The number of rotatable bonds is 7. The highest BCUT2D eigenvalue weighted by Crippen LogP contribution is 2.26. The van der Waals surface area contributed by atoms with Crippen LogP contribution in [0.1, 0.15) is 45.4 Å². The second kappa shape index (κ2) is 7.76. The van der Waals surface area contributed by atoms with Crippen LogP contribution < -0.4 is 0 Å². The molecule has 0 spiro atoms. The number of fused-ring (bicyclic) bond motifs is 1. The zero-order chi connectivity index (χ0) is 12.8. The van der Waals surface area contributed by atoms with Crippen LogP contribution in [0.5, 0.6) is 0 Å². The van der Waals surface area contributed by atoms with Gasteiger partial charge < -0.3 is 0 Å². The van der Waals surface area contributed by atoms with Crippen molar-refractivity contribution in [1.29, 1.82) is 0 Å². The minimum Gasteiger partial charge on any atom is -0.298 e. The zero-order valence-electron chi connectivity index (χ0n) is 12.2. The van der Waals surface area contributed by atoms with Crippen LogP contribution in [0.25, 0.3) is 0 Å². The maximum atomic E-state index is 2.80. The Hall–Kier alpha value is 0.270. The van der Waals surface area contributed by atoms with Gasteiger partial charge in [-0.05, 0) is 57.2 Å². The maximum Gasteiger partial charge on any atom is 0.0224 e. The van der Waals surface area contributed by atoms with Crippen molar-refractivity contribution in [2.24, 2.45) is 0 Å². The van der Waals surface area contributed by atoms with Crippen molar-refractivity contribution in [3.05, 3.63) is 0 Å². The van der Waals surface area contributed by atoms with Crippen LogP contribution >= 0.6 is 11.8 Å². The molecular formula is C15H30N2S. The van der Waals surface area contributed by atoms with Gasteiger partial charge in [0.1, 0.15) is 0 Å². The third-order valence-electron chi connectivity index (χ3n) is 4.67. The first-order valence-corrected chi connectivity index (χ1v) is 9.21. The Morgan fingerprint density at radius 1 is 1.17 bits per heavy atom. The van der Waals surface area contributed by atoms with Gasteiger partial charge in [-0.1, -0.05) is 13.3 Å². The molecule has 2 unspecified atom stereocenters. The molecule has 0 N–H and O–H groups in total. The van der Waals surface area contributed by atoms with E-state index in [-0.39, 0.29) is 0 Å². The lowest BCUT2D eigenvalue weighted by Crippen LogP contribution is -2.55. The zero-order valence-corrected chi connectivity index (χ0v) is 13.1. The van der Waals surface area contributed by atoms with Gasteiger partial charge in [0.15, 0.2) is 0 Å². The van der Waals surface area contributed by atoms with E-state index in [0.717, 1.165) is 12.1 Å². The SMILES string of the molecule is CCC1CN2CCCC2CN1CCCCCSC. The summed E-state index contributed by atoms with van der Waals surface area (Å²) in [5, 5.41) is 0. The second-order valence-corrected chi connectivity index (χ2v) is 6.89. The summed E-state index contributed by atoms with van der Waals surface area (Å²) in [5.41, 5.74) is 0. The topological polar surface area (TPSA) is 6.48 Å². The monoisotopic (exact) mass is 270 g/mol. The molecule has 0 bridgehead atoms. The van der Waals surface area contributed by atoms with Crippen molar-refractivity contribution >= 4 is 11.8 Å². The third kappa shape index (κ3) is 3.88. The normalized spacial score (nSPS) is 29.7. The quantitative estimate of drug-likeness (QED) is 0.657. The highest BCUT2D eigenvalue weighted by atomic mass is 32.2. The molecule has 2 aliphatic heterocycles. The first-order valence-electron chi connectivity index (χ1n) is 7.82. The van der Waals surface area contributed by atoms with Crippen LogP contribution in [0.4, 0.5) is 0 Å². The van der Waals surface area contributed by atoms with Crippen LogP contribution in [0, 0.1) is 0 Å². The highest BCUT2D eigenvalue weighted by molar-refractivity contribution is 7.98. The van der Waals surface area contributed by atoms with Crippen molar-refractivity contribution in [3.63, 3.8) is 0 Å². The summed E-state index contributed by atoms with van der Waals surface area (Å²) in [6.07, 6.45) is 10.6. The third-order valence-corrected chi connectivity index (χ3v) is 5.37. The van der Waals surface area contributed by atoms with Gasteiger partial charge >= 0.3 is 0 Å². The van der Waals surface area contributed by atoms with Gasteiger partial charge in [-0.15, -0.1) is 0 Å². The number of hydrogen-bond donors (Lipinski definition) is 0. The van der Waals surface area contributed by atoms with Gasteiger partial charge in [0.05, 0.1) is 0 Å². The van der Waals surface area contributed by atoms with Crippen molar-refractivity contribution in [2.75, 3.05) is 38.2 Å². The van der Waals surface area contributed by atoms with Crippen LogP contribution in [0.15, 0.2) is 0 Å². The molecule has 0 aromatic heterocycles. The molecule has 2 aliphatic rings. The lowest BCUT2D eigenvalue weighted by molar-refractivity contribution is 0.0481. The molecule has 0 amide bonds. The van der Waals surface area contributed by atoms with Gasteiger partial charge in [0.2, 0.25) is 0 Å². The number of hydrogen-bond acceptors (Lipinski definition) is 3. The predicted octanol–water partition coefficient (Wildman–Crippen LogP) is 3.08. The van der Waals surface area contributed by atoms with Crippen molar-refractivity contribution in [2.45, 2.75) is 57.5 Å². The molecule has 0 aliphatic carbocycles. The molecule has 2 saturated heterocycles. The van der Waals surface area contributed by atoms with Gasteiger partial charge in [-0.25, -0.2) is 0 Å². The number of thioether (sulfide) groups is 1. The van der Waals surface area contributed by atoms with E-state index in [1.165, 1.54) is 70.5 Å². The maximum absolute atomic E-state index is 2.80. The van der Waals surface area contributed by atoms with Gasteiger partial charge in [-0.2, -0.15) is 11.8 Å². The van der Waals surface area contributed by atoms with Crippen LogP contribution in [0.3, 0.4) is 0 Å². The second-order valence-electron chi connectivity index (χ2n) is 5.90. The fourth-order valence-corrected chi connectivity index (χ4v) is 4.04. The average molecular weight is 270 g/mol. The Labute approximate surface area is 117 Å². The fraction of sp³-hybridized carbons (Fsp3) is 1.00. The highest BCUT2D eigenvalue weighted by Gasteiger charge is 2.34. The molecule has 0 saturated carbocycles. The molecule has 2 nitrogen and oxygen atoms in total. The molecule has 0 radical (unpaired) electrons. The van der Waals surface area contributed by atoms with Crippen molar-refractivity contribution in [3.8, 4) is 0 Å². The van der Waals surface area contributed by atoms with E-state index >= 15 is 0 Å². The average Bonchev–Trinajstić information content (AvgIpc) is 2.84. The van der Waals surface area contributed by atoms with E-state index in [0.29, 0.717) is 0 Å². The first-order chi connectivity index (χ1) is 8.85. The summed E-state index contributed by atoms with van der Waals surface area (Å²) in [4.78, 5) is 5.55. The van der Waals surface area contributed by atoms with Gasteiger partial charge in [0.25, 0.3) is 0 Å². The minimum absolute atomic E-state index is 0.833. The summed E-state index contributed by atoms with van der Waals surface area (Å²) in [6, 6.07) is 1.72. The van der Waals surface area contributed by atoms with Gasteiger partial charge in [-0.3, -0.25) is 9.80 Å². The molecule has 2 atom stereocenters. The molecule has 0 aromatic carbocycles. The summed E-state index contributed by atoms with van der Waals surface area (Å²) in [5.74, 6) is 1.34. The fourth-order valence-electron chi connectivity index (χ4n) is 3.55. The summed E-state index contributed by atoms with van der Waals surface area (Å²) >= 11 is 1.98. The predicted molar refractivity (Wildman–Crippen MR) is 82.5 cm³/mol. The van der Waals surface area contributed by atoms with E-state index < -0.39 is 0 Å². The lowest BCUT2D eigenvalue weighted by atomic mass is 10.0. The van der Waals surface area contributed by atoms with Gasteiger partial charge in [0, 0.05) is 25.2 Å². The molecule has 2 rings (SSSR count). The molecular weight excluding hydrogens is 240 g/mol. The summed E-state index contributed by atoms with van der Waals surface area (Å²) in [6.45, 7) is 7.76. The van der Waals surface area contributed by atoms with Crippen molar-refractivity contribution in [1.82, 2.24) is 9.80 Å². The molecule has 2 fully saturated rings. The largest absolute Gasteiger partial charge is 0.298 e. The number of piperazine rings is 1. The Morgan fingerprint density at radius 2 is 2.06 bits per heavy atom. The Bertz CT molecular complexity index is 235. The van der Waals surface area contributed by atoms with Crippen LogP contribution in [-0.4, -0.2) is 60.1 Å². The van der Waals surface area contributed by atoms with E-state index in [2.05, 4.69) is 23.0 Å². The van der Waals surface area contributed by atoms with Crippen LogP contribution in [-0.2, 0) is 0 Å². The van der Waals surface area contributed by atoms with E-state index in [1.807, 2.05) is 11.8 Å². The number of unbranched alkanes of at least 4 members (excludes halogenated alkanes) is 2. The lowest BCUT2D eigenvalue weighted by Gasteiger charge is -2.43. The van der Waals surface area contributed by atoms with Crippen molar-refractivity contribution < 1.29 is 0 Å². The Morgan fingerprint density at radius 3 is 2.83 bits per heavy atom. The van der Waals surface area contributed by atoms with E-state index in [4.69, 9.17) is 0 Å².